The zero-order valence-corrected chi connectivity index (χ0v) is 25.3. The predicted octanol–water partition coefficient (Wildman–Crippen LogP) is 4.79. The van der Waals surface area contributed by atoms with Gasteiger partial charge < -0.3 is 32.2 Å². The Labute approximate surface area is 257 Å². The second kappa shape index (κ2) is 14.1. The van der Waals surface area contributed by atoms with Crippen molar-refractivity contribution < 1.29 is 22.3 Å². The topological polar surface area (TPSA) is 162 Å². The molecule has 2 aromatic carbocycles. The number of fused-ring (bicyclic) bond motifs is 1. The van der Waals surface area contributed by atoms with Crippen molar-refractivity contribution in [2.24, 2.45) is 22.2 Å². The van der Waals surface area contributed by atoms with Crippen LogP contribution in [0.1, 0.15) is 57.2 Å². The van der Waals surface area contributed by atoms with Gasteiger partial charge in [-0.05, 0) is 87.9 Å². The van der Waals surface area contributed by atoms with Crippen LogP contribution in [0.25, 0.3) is 28.0 Å². The van der Waals surface area contributed by atoms with Crippen molar-refractivity contribution in [3.05, 3.63) is 76.1 Å². The van der Waals surface area contributed by atoms with Crippen LogP contribution >= 0.6 is 0 Å². The van der Waals surface area contributed by atoms with Gasteiger partial charge in [0.05, 0.1) is 11.4 Å². The molecule has 8 N–H and O–H groups in total. The Morgan fingerprint density at radius 3 is 2.47 bits per heavy atom. The van der Waals surface area contributed by atoms with Crippen LogP contribution in [0, 0.1) is 5.82 Å². The summed E-state index contributed by atoms with van der Waals surface area (Å²) in [4.78, 5) is 23.9. The molecule has 0 radical (unpaired) electrons. The number of hydrogen-bond acceptors (Lipinski definition) is 6. The average Bonchev–Trinajstić information content (AvgIpc) is 3.35. The van der Waals surface area contributed by atoms with Crippen molar-refractivity contribution in [2.45, 2.75) is 70.9 Å². The zero-order chi connectivity index (χ0) is 32.9. The fourth-order valence-corrected chi connectivity index (χ4v) is 5.06. The number of aryl methyl sites for hydroxylation is 1. The third-order valence-electron chi connectivity index (χ3n) is 7.31. The molecule has 0 aliphatic rings. The van der Waals surface area contributed by atoms with Crippen molar-refractivity contribution >= 4 is 17.0 Å². The number of nitrogens with one attached hydrogen (secondary N) is 2. The number of guanidine groups is 1. The summed E-state index contributed by atoms with van der Waals surface area (Å²) in [5, 5.41) is 3.94. The Morgan fingerprint density at radius 1 is 1.11 bits per heavy atom. The molecular weight excluding hydrogens is 592 g/mol. The second-order valence-electron chi connectivity index (χ2n) is 11.2. The lowest BCUT2D eigenvalue weighted by molar-refractivity contribution is -0.275. The molecule has 0 amide bonds. The van der Waals surface area contributed by atoms with E-state index in [0.29, 0.717) is 42.4 Å². The van der Waals surface area contributed by atoms with E-state index in [2.05, 4.69) is 25.0 Å². The standard InChI is InChI=1S/C31H38F4N8O2/c1-17(36)5-4-6-20-13-24(27(32)26(14-20)45-31(33,34)35)25-15-22-16-43(30(44)42-28(22)41-25)23-9-7-21(8-10-23)19(3)40-18(2)11-12-39-29(37)38/h7-10,13-19,40H,4-6,11-12,36H2,1-3H3,(H4,37,38,39)(H,41,42,44)/t17-,18+,19-/m0/s1. The first-order valence-electron chi connectivity index (χ1n) is 14.6. The number of aromatic nitrogens is 3. The van der Waals surface area contributed by atoms with Gasteiger partial charge in [0.2, 0.25) is 0 Å². The summed E-state index contributed by atoms with van der Waals surface area (Å²) < 4.78 is 60.0. The van der Waals surface area contributed by atoms with Gasteiger partial charge in [0.1, 0.15) is 5.65 Å². The van der Waals surface area contributed by atoms with Crippen LogP contribution in [-0.2, 0) is 6.42 Å². The molecule has 14 heteroatoms. The minimum absolute atomic E-state index is 0.00777. The Balaban J connectivity index is 1.60. The Bertz CT molecular complexity index is 1690. The molecule has 242 valence electrons. The van der Waals surface area contributed by atoms with E-state index in [4.69, 9.17) is 17.2 Å². The van der Waals surface area contributed by atoms with Gasteiger partial charge in [0, 0.05) is 41.8 Å². The van der Waals surface area contributed by atoms with Crippen LogP contribution in [-0.4, -0.2) is 45.5 Å². The second-order valence-corrected chi connectivity index (χ2v) is 11.2. The number of rotatable bonds is 13. The molecule has 0 unspecified atom stereocenters. The number of ether oxygens (including phenoxy) is 1. The van der Waals surface area contributed by atoms with E-state index in [-0.39, 0.29) is 41.0 Å². The first-order chi connectivity index (χ1) is 21.2. The molecule has 0 saturated carbocycles. The number of aliphatic imine (C=N–C) groups is 1. The van der Waals surface area contributed by atoms with E-state index in [1.54, 1.807) is 18.3 Å². The third-order valence-corrected chi connectivity index (χ3v) is 7.31. The van der Waals surface area contributed by atoms with Crippen molar-refractivity contribution in [2.75, 3.05) is 6.54 Å². The summed E-state index contributed by atoms with van der Waals surface area (Å²) in [6.07, 6.45) is -1.19. The number of nitrogens with two attached hydrogens (primary N) is 3. The van der Waals surface area contributed by atoms with E-state index in [1.807, 2.05) is 32.9 Å². The van der Waals surface area contributed by atoms with Crippen LogP contribution in [0.15, 0.2) is 58.4 Å². The van der Waals surface area contributed by atoms with Crippen molar-refractivity contribution in [1.82, 2.24) is 19.9 Å². The highest BCUT2D eigenvalue weighted by atomic mass is 19.4. The highest BCUT2D eigenvalue weighted by molar-refractivity contribution is 5.83. The summed E-state index contributed by atoms with van der Waals surface area (Å²) in [7, 11) is 0. The smallest absolute Gasteiger partial charge is 0.403 e. The molecule has 45 heavy (non-hydrogen) atoms. The van der Waals surface area contributed by atoms with Gasteiger partial charge in [-0.1, -0.05) is 12.1 Å². The normalized spacial score (nSPS) is 13.9. The lowest BCUT2D eigenvalue weighted by atomic mass is 10.0. The first-order valence-corrected chi connectivity index (χ1v) is 14.6. The van der Waals surface area contributed by atoms with Gasteiger partial charge in [-0.25, -0.2) is 9.18 Å². The minimum atomic E-state index is -5.08. The summed E-state index contributed by atoms with van der Waals surface area (Å²) >= 11 is 0. The van der Waals surface area contributed by atoms with Crippen LogP contribution in [0.2, 0.25) is 0 Å². The molecule has 2 aromatic heterocycles. The molecule has 0 fully saturated rings. The fourth-order valence-electron chi connectivity index (χ4n) is 5.06. The van der Waals surface area contributed by atoms with Gasteiger partial charge in [-0.2, -0.15) is 4.98 Å². The summed E-state index contributed by atoms with van der Waals surface area (Å²) in [6.45, 7) is 6.39. The Morgan fingerprint density at radius 2 is 1.82 bits per heavy atom. The molecule has 0 saturated heterocycles. The summed E-state index contributed by atoms with van der Waals surface area (Å²) in [5.41, 5.74) is 18.1. The molecule has 3 atom stereocenters. The van der Waals surface area contributed by atoms with Crippen LogP contribution in [0.4, 0.5) is 17.6 Å². The predicted molar refractivity (Wildman–Crippen MR) is 167 cm³/mol. The van der Waals surface area contributed by atoms with Crippen LogP contribution in [0.3, 0.4) is 0 Å². The minimum Gasteiger partial charge on any atom is -0.403 e. The van der Waals surface area contributed by atoms with Gasteiger partial charge >= 0.3 is 12.1 Å². The van der Waals surface area contributed by atoms with Crippen LogP contribution < -0.4 is 32.9 Å². The number of aromatic amines is 1. The summed E-state index contributed by atoms with van der Waals surface area (Å²) in [6, 6.07) is 11.5. The molecule has 0 aliphatic heterocycles. The maximum atomic E-state index is 15.4. The highest BCUT2D eigenvalue weighted by Gasteiger charge is 2.33. The van der Waals surface area contributed by atoms with Gasteiger partial charge in [-0.3, -0.25) is 9.56 Å². The van der Waals surface area contributed by atoms with Crippen molar-refractivity contribution in [1.29, 1.82) is 0 Å². The van der Waals surface area contributed by atoms with E-state index < -0.39 is 23.6 Å². The highest BCUT2D eigenvalue weighted by Crippen LogP contribution is 2.35. The fraction of sp³-hybridized carbons (Fsp3) is 0.387. The van der Waals surface area contributed by atoms with Gasteiger partial charge in [-0.15, -0.1) is 13.2 Å². The number of hydrogen-bond donors (Lipinski definition) is 5. The SMILES string of the molecule is C[C@H](N)CCCc1cc(OC(F)(F)F)c(F)c(-c2cc3cn(-c4ccc([C@H](C)N[C@H](C)CCN=C(N)N)cc4)c(=O)nc3[nH]2)c1. The molecule has 2 heterocycles. The quantitative estimate of drug-likeness (QED) is 0.0806. The Hall–Kier alpha value is -4.43. The lowest BCUT2D eigenvalue weighted by Crippen LogP contribution is -2.30. The van der Waals surface area contributed by atoms with E-state index >= 15 is 4.39 Å². The number of nitrogens with zero attached hydrogens (tertiary/aromatic N) is 3. The Kier molecular flexibility index (Phi) is 10.5. The van der Waals surface area contributed by atoms with E-state index in [9.17, 15) is 18.0 Å². The maximum Gasteiger partial charge on any atom is 0.573 e. The molecule has 0 spiro atoms. The van der Waals surface area contributed by atoms with E-state index in [1.165, 1.54) is 16.7 Å². The number of alkyl halides is 3. The third kappa shape index (κ3) is 9.05. The molecular formula is C31H38F4N8O2. The first kappa shape index (κ1) is 33.5. The molecule has 10 nitrogen and oxygen atoms in total. The van der Waals surface area contributed by atoms with E-state index in [0.717, 1.165) is 18.1 Å². The average molecular weight is 631 g/mol. The van der Waals surface area contributed by atoms with Crippen molar-refractivity contribution in [3.63, 3.8) is 0 Å². The zero-order valence-electron chi connectivity index (χ0n) is 25.3. The van der Waals surface area contributed by atoms with Gasteiger partial charge in [0.15, 0.2) is 17.5 Å². The molecule has 0 bridgehead atoms. The van der Waals surface area contributed by atoms with Crippen LogP contribution in [0.5, 0.6) is 5.75 Å². The molecule has 0 aliphatic carbocycles. The summed E-state index contributed by atoms with van der Waals surface area (Å²) in [5.74, 6) is -2.07. The monoisotopic (exact) mass is 630 g/mol. The lowest BCUT2D eigenvalue weighted by Gasteiger charge is -2.20. The largest absolute Gasteiger partial charge is 0.573 e. The number of benzene rings is 2. The molecule has 4 aromatic rings. The number of H-pyrrole nitrogens is 1. The van der Waals surface area contributed by atoms with Crippen molar-refractivity contribution in [3.8, 4) is 22.7 Å². The van der Waals surface area contributed by atoms with Gasteiger partial charge in [0.25, 0.3) is 0 Å². The molecule has 4 rings (SSSR count). The maximum absolute atomic E-state index is 15.4. The number of halogens is 4.